The van der Waals surface area contributed by atoms with Crippen molar-refractivity contribution in [3.8, 4) is 0 Å². The van der Waals surface area contributed by atoms with Crippen molar-refractivity contribution in [2.75, 3.05) is 5.33 Å². The van der Waals surface area contributed by atoms with Crippen molar-refractivity contribution < 1.29 is 0 Å². The Morgan fingerprint density at radius 1 is 1.55 bits per heavy atom. The number of hydrogen-bond donors (Lipinski definition) is 0. The van der Waals surface area contributed by atoms with E-state index in [1.165, 1.54) is 12.8 Å². The Hall–Kier alpha value is 0.220. The molecule has 0 aromatic carbocycles. The first-order valence-corrected chi connectivity index (χ1v) is 5.36. The van der Waals surface area contributed by atoms with Gasteiger partial charge < -0.3 is 0 Å². The van der Waals surface area contributed by atoms with E-state index >= 15 is 0 Å². The van der Waals surface area contributed by atoms with Gasteiger partial charge >= 0.3 is 0 Å². The Bertz CT molecular complexity index is 118. The average Bonchev–Trinajstić information content (AvgIpc) is 2.00. The summed E-state index contributed by atoms with van der Waals surface area (Å²) in [4.78, 5) is 0. The van der Waals surface area contributed by atoms with Crippen molar-refractivity contribution in [1.29, 1.82) is 0 Å². The number of hydrogen-bond acceptors (Lipinski definition) is 0. The summed E-state index contributed by atoms with van der Waals surface area (Å²) in [6, 6.07) is 0. The molecular formula is C10H19Br. The standard InChI is InChI=1S/C10H19Br/c1-5-10(4,8-11)7-6-9(2)3/h5,9H,1,6-8H2,2-4H3. The van der Waals surface area contributed by atoms with Gasteiger partial charge in [-0.15, -0.1) is 6.58 Å². The van der Waals surface area contributed by atoms with Crippen molar-refractivity contribution >= 4 is 15.9 Å². The lowest BCUT2D eigenvalue weighted by Crippen LogP contribution is -2.15. The van der Waals surface area contributed by atoms with Gasteiger partial charge in [0.05, 0.1) is 0 Å². The van der Waals surface area contributed by atoms with Crippen LogP contribution >= 0.6 is 15.9 Å². The molecule has 1 unspecified atom stereocenters. The second-order valence-corrected chi connectivity index (χ2v) is 4.49. The minimum atomic E-state index is 0.296. The van der Waals surface area contributed by atoms with Crippen molar-refractivity contribution in [2.24, 2.45) is 11.3 Å². The molecule has 0 spiro atoms. The van der Waals surface area contributed by atoms with E-state index in [9.17, 15) is 0 Å². The van der Waals surface area contributed by atoms with E-state index < -0.39 is 0 Å². The van der Waals surface area contributed by atoms with Crippen LogP contribution in [0.5, 0.6) is 0 Å². The highest BCUT2D eigenvalue weighted by Crippen LogP contribution is 2.28. The molecule has 0 amide bonds. The van der Waals surface area contributed by atoms with Gasteiger partial charge in [-0.3, -0.25) is 0 Å². The largest absolute Gasteiger partial charge is 0.103 e. The van der Waals surface area contributed by atoms with Crippen molar-refractivity contribution in [3.05, 3.63) is 12.7 Å². The van der Waals surface area contributed by atoms with Gasteiger partial charge in [0.1, 0.15) is 0 Å². The van der Waals surface area contributed by atoms with E-state index in [0.717, 1.165) is 11.2 Å². The Balaban J connectivity index is 3.78. The van der Waals surface area contributed by atoms with Crippen LogP contribution in [0.2, 0.25) is 0 Å². The molecule has 0 rings (SSSR count). The van der Waals surface area contributed by atoms with Gasteiger partial charge in [-0.25, -0.2) is 0 Å². The number of allylic oxidation sites excluding steroid dienone is 1. The van der Waals surface area contributed by atoms with Crippen LogP contribution in [-0.4, -0.2) is 5.33 Å². The normalized spacial score (nSPS) is 16.5. The van der Waals surface area contributed by atoms with E-state index in [-0.39, 0.29) is 0 Å². The van der Waals surface area contributed by atoms with Crippen LogP contribution in [0.15, 0.2) is 12.7 Å². The zero-order valence-electron chi connectivity index (χ0n) is 7.86. The molecule has 0 aliphatic carbocycles. The highest BCUT2D eigenvalue weighted by Gasteiger charge is 2.18. The van der Waals surface area contributed by atoms with E-state index in [1.807, 2.05) is 0 Å². The first-order chi connectivity index (χ1) is 5.04. The monoisotopic (exact) mass is 218 g/mol. The molecule has 0 aromatic heterocycles. The van der Waals surface area contributed by atoms with Crippen LogP contribution in [0.25, 0.3) is 0 Å². The molecule has 0 bridgehead atoms. The molecule has 0 radical (unpaired) electrons. The maximum absolute atomic E-state index is 3.85. The van der Waals surface area contributed by atoms with Crippen LogP contribution in [-0.2, 0) is 0 Å². The van der Waals surface area contributed by atoms with E-state index in [0.29, 0.717) is 5.41 Å². The molecule has 0 aliphatic rings. The van der Waals surface area contributed by atoms with Gasteiger partial charge in [0.15, 0.2) is 0 Å². The van der Waals surface area contributed by atoms with Crippen LogP contribution in [0.3, 0.4) is 0 Å². The lowest BCUT2D eigenvalue weighted by atomic mass is 9.86. The molecule has 11 heavy (non-hydrogen) atoms. The summed E-state index contributed by atoms with van der Waals surface area (Å²) in [6.07, 6.45) is 4.58. The number of rotatable bonds is 5. The fourth-order valence-corrected chi connectivity index (χ4v) is 1.35. The summed E-state index contributed by atoms with van der Waals surface area (Å²) in [5.74, 6) is 0.799. The van der Waals surface area contributed by atoms with Gasteiger partial charge in [-0.1, -0.05) is 49.2 Å². The molecule has 66 valence electrons. The zero-order valence-corrected chi connectivity index (χ0v) is 9.45. The molecule has 0 nitrogen and oxygen atoms in total. The minimum absolute atomic E-state index is 0.296. The van der Waals surface area contributed by atoms with E-state index in [2.05, 4.69) is 49.4 Å². The quantitative estimate of drug-likeness (QED) is 0.484. The van der Waals surface area contributed by atoms with Gasteiger partial charge in [-0.05, 0) is 17.8 Å². The summed E-state index contributed by atoms with van der Waals surface area (Å²) in [7, 11) is 0. The SMILES string of the molecule is C=CC(C)(CBr)CCC(C)C. The van der Waals surface area contributed by atoms with Crippen molar-refractivity contribution in [1.82, 2.24) is 0 Å². The predicted molar refractivity (Wildman–Crippen MR) is 56.2 cm³/mol. The molecule has 0 heterocycles. The Morgan fingerprint density at radius 2 is 2.09 bits per heavy atom. The molecule has 0 saturated carbocycles. The lowest BCUT2D eigenvalue weighted by molar-refractivity contribution is 0.393. The molecular weight excluding hydrogens is 200 g/mol. The van der Waals surface area contributed by atoms with Gasteiger partial charge in [0.2, 0.25) is 0 Å². The number of halogens is 1. The van der Waals surface area contributed by atoms with E-state index in [1.54, 1.807) is 0 Å². The molecule has 0 saturated heterocycles. The predicted octanol–water partition coefficient (Wildman–Crippen LogP) is 4.01. The third kappa shape index (κ3) is 4.62. The highest BCUT2D eigenvalue weighted by molar-refractivity contribution is 9.09. The summed E-state index contributed by atoms with van der Waals surface area (Å²) in [5.41, 5.74) is 0.296. The summed E-state index contributed by atoms with van der Waals surface area (Å²) >= 11 is 3.51. The minimum Gasteiger partial charge on any atom is -0.103 e. The first kappa shape index (κ1) is 11.2. The molecule has 0 N–H and O–H groups in total. The summed E-state index contributed by atoms with van der Waals surface area (Å²) in [5, 5.41) is 1.02. The van der Waals surface area contributed by atoms with Gasteiger partial charge in [0, 0.05) is 5.33 Å². The second-order valence-electron chi connectivity index (χ2n) is 3.92. The molecule has 0 aliphatic heterocycles. The average molecular weight is 219 g/mol. The molecule has 1 heteroatoms. The highest BCUT2D eigenvalue weighted by atomic mass is 79.9. The smallest absolute Gasteiger partial charge is 0.0120 e. The first-order valence-electron chi connectivity index (χ1n) is 4.23. The maximum Gasteiger partial charge on any atom is 0.0120 e. The lowest BCUT2D eigenvalue weighted by Gasteiger charge is -2.23. The third-order valence-electron chi connectivity index (χ3n) is 2.09. The van der Waals surface area contributed by atoms with Gasteiger partial charge in [0.25, 0.3) is 0 Å². The maximum atomic E-state index is 3.85. The fraction of sp³-hybridized carbons (Fsp3) is 0.800. The van der Waals surface area contributed by atoms with Crippen LogP contribution in [0.1, 0.15) is 33.6 Å². The fourth-order valence-electron chi connectivity index (χ4n) is 0.842. The topological polar surface area (TPSA) is 0 Å². The number of alkyl halides is 1. The van der Waals surface area contributed by atoms with Gasteiger partial charge in [-0.2, -0.15) is 0 Å². The van der Waals surface area contributed by atoms with Crippen molar-refractivity contribution in [3.63, 3.8) is 0 Å². The Kier molecular flexibility index (Phi) is 5.07. The second kappa shape index (κ2) is 4.97. The third-order valence-corrected chi connectivity index (χ3v) is 3.37. The zero-order chi connectivity index (χ0) is 8.91. The Labute approximate surface area is 79.2 Å². The molecule has 0 fully saturated rings. The Morgan fingerprint density at radius 3 is 2.36 bits per heavy atom. The van der Waals surface area contributed by atoms with E-state index in [4.69, 9.17) is 0 Å². The molecule has 1 atom stereocenters. The summed E-state index contributed by atoms with van der Waals surface area (Å²) in [6.45, 7) is 10.6. The van der Waals surface area contributed by atoms with Crippen LogP contribution < -0.4 is 0 Å². The van der Waals surface area contributed by atoms with Crippen molar-refractivity contribution in [2.45, 2.75) is 33.6 Å². The molecule has 0 aromatic rings. The van der Waals surface area contributed by atoms with Crippen LogP contribution in [0.4, 0.5) is 0 Å². The van der Waals surface area contributed by atoms with Crippen LogP contribution in [0, 0.1) is 11.3 Å². The summed E-state index contributed by atoms with van der Waals surface area (Å²) < 4.78 is 0.